The maximum Gasteiger partial charge on any atom is 0.336 e. The molecule has 2 aromatic heterocycles. The smallest absolute Gasteiger partial charge is 0.336 e. The van der Waals surface area contributed by atoms with Crippen molar-refractivity contribution in [1.29, 1.82) is 0 Å². The number of hydrogen-bond donors (Lipinski definition) is 0. The largest absolute Gasteiger partial charge is 0.463 e. The highest BCUT2D eigenvalue weighted by atomic mass is 16.7. The number of rotatable bonds is 7. The maximum atomic E-state index is 12.3. The topological polar surface area (TPSA) is 167 Å². The van der Waals surface area contributed by atoms with E-state index in [0.717, 1.165) is 26.3 Å². The fourth-order valence-electron chi connectivity index (χ4n) is 4.53. The van der Waals surface area contributed by atoms with E-state index in [-0.39, 0.29) is 16.9 Å². The molecule has 3 aromatic rings. The molecule has 4 rings (SSSR count). The first-order chi connectivity index (χ1) is 18.8. The van der Waals surface area contributed by atoms with Gasteiger partial charge in [-0.2, -0.15) is 0 Å². The zero-order valence-corrected chi connectivity index (χ0v) is 22.6. The minimum Gasteiger partial charge on any atom is -0.463 e. The average molecular weight is 561 g/mol. The van der Waals surface area contributed by atoms with E-state index in [4.69, 9.17) is 37.3 Å². The van der Waals surface area contributed by atoms with Gasteiger partial charge in [0.1, 0.15) is 12.7 Å². The van der Waals surface area contributed by atoms with Crippen molar-refractivity contribution in [2.75, 3.05) is 6.61 Å². The monoisotopic (exact) mass is 560 g/mol. The number of ether oxygens (including phenoxy) is 6. The molecule has 0 amide bonds. The zero-order chi connectivity index (χ0) is 29.3. The van der Waals surface area contributed by atoms with Crippen molar-refractivity contribution < 1.29 is 56.4 Å². The van der Waals surface area contributed by atoms with Crippen molar-refractivity contribution in [3.05, 3.63) is 39.9 Å². The highest BCUT2D eigenvalue weighted by Crippen LogP contribution is 2.40. The molecule has 0 aliphatic carbocycles. The molecule has 1 aromatic carbocycles. The van der Waals surface area contributed by atoms with Crippen molar-refractivity contribution in [2.24, 2.45) is 0 Å². The molecule has 1 aliphatic rings. The zero-order valence-electron chi connectivity index (χ0n) is 22.6. The minimum atomic E-state index is -1.55. The molecule has 3 heterocycles. The Labute approximate surface area is 227 Å². The van der Waals surface area contributed by atoms with Gasteiger partial charge in [-0.3, -0.25) is 19.2 Å². The van der Waals surface area contributed by atoms with Crippen LogP contribution in [0.1, 0.15) is 38.8 Å². The Kier molecular flexibility index (Phi) is 8.14. The first kappa shape index (κ1) is 28.6. The predicted octanol–water partition coefficient (Wildman–Crippen LogP) is 2.62. The van der Waals surface area contributed by atoms with Crippen LogP contribution in [0.5, 0.6) is 5.75 Å². The molecular weight excluding hydrogens is 532 g/mol. The van der Waals surface area contributed by atoms with Crippen LogP contribution in [-0.4, -0.2) is 61.2 Å². The van der Waals surface area contributed by atoms with Crippen LogP contribution in [0.15, 0.2) is 32.0 Å². The number of benzene rings is 1. The molecule has 0 spiro atoms. The van der Waals surface area contributed by atoms with Gasteiger partial charge >= 0.3 is 29.5 Å². The second-order valence-electron chi connectivity index (χ2n) is 9.31. The summed E-state index contributed by atoms with van der Waals surface area (Å²) in [5.41, 5.74) is 0.930. The van der Waals surface area contributed by atoms with E-state index in [1.807, 2.05) is 6.92 Å². The van der Waals surface area contributed by atoms with Gasteiger partial charge in [0.15, 0.2) is 23.4 Å². The molecule has 40 heavy (non-hydrogen) atoms. The summed E-state index contributed by atoms with van der Waals surface area (Å²) < 4.78 is 44.9. The minimum absolute atomic E-state index is 0.0275. The molecular formula is C27H28O13. The quantitative estimate of drug-likeness (QED) is 0.235. The number of carbonyl (C=O) groups excluding carboxylic acids is 4. The molecule has 0 bridgehead atoms. The van der Waals surface area contributed by atoms with Crippen LogP contribution >= 0.6 is 0 Å². The lowest BCUT2D eigenvalue weighted by atomic mass is 9.98. The highest BCUT2D eigenvalue weighted by Gasteiger charge is 2.53. The molecule has 13 nitrogen and oxygen atoms in total. The lowest BCUT2D eigenvalue weighted by molar-refractivity contribution is -0.288. The van der Waals surface area contributed by atoms with Crippen LogP contribution < -0.4 is 10.4 Å². The van der Waals surface area contributed by atoms with Crippen LogP contribution in [0, 0.1) is 13.8 Å². The van der Waals surface area contributed by atoms with Gasteiger partial charge in [0.2, 0.25) is 18.1 Å². The second-order valence-corrected chi connectivity index (χ2v) is 9.31. The Morgan fingerprint density at radius 3 is 2.00 bits per heavy atom. The number of fused-ring (bicyclic) bond motifs is 2. The average Bonchev–Trinajstić information content (AvgIpc) is 3.21. The summed E-state index contributed by atoms with van der Waals surface area (Å²) in [7, 11) is 0. The van der Waals surface area contributed by atoms with Gasteiger partial charge in [-0.25, -0.2) is 4.79 Å². The highest BCUT2D eigenvalue weighted by molar-refractivity contribution is 6.02. The first-order valence-electron chi connectivity index (χ1n) is 12.3. The van der Waals surface area contributed by atoms with Crippen molar-refractivity contribution >= 4 is 45.8 Å². The van der Waals surface area contributed by atoms with Gasteiger partial charge in [0.25, 0.3) is 0 Å². The van der Waals surface area contributed by atoms with Crippen molar-refractivity contribution in [3.8, 4) is 5.75 Å². The van der Waals surface area contributed by atoms with Gasteiger partial charge < -0.3 is 37.3 Å². The first-order valence-corrected chi connectivity index (χ1v) is 12.3. The van der Waals surface area contributed by atoms with Gasteiger partial charge in [0, 0.05) is 44.5 Å². The number of hydrogen-bond acceptors (Lipinski definition) is 13. The lowest BCUT2D eigenvalue weighted by Crippen LogP contribution is -2.63. The van der Waals surface area contributed by atoms with Crippen molar-refractivity contribution in [3.63, 3.8) is 0 Å². The van der Waals surface area contributed by atoms with Crippen LogP contribution in [0.3, 0.4) is 0 Å². The van der Waals surface area contributed by atoms with E-state index in [1.54, 1.807) is 13.0 Å². The molecule has 1 fully saturated rings. The van der Waals surface area contributed by atoms with Crippen molar-refractivity contribution in [1.82, 2.24) is 0 Å². The normalized spacial score (nSPS) is 22.5. The van der Waals surface area contributed by atoms with E-state index in [1.165, 1.54) is 19.3 Å². The van der Waals surface area contributed by atoms with E-state index in [0.29, 0.717) is 16.3 Å². The summed E-state index contributed by atoms with van der Waals surface area (Å²) in [4.78, 5) is 60.1. The van der Waals surface area contributed by atoms with Gasteiger partial charge in [-0.15, -0.1) is 0 Å². The maximum absolute atomic E-state index is 12.3. The van der Waals surface area contributed by atoms with Gasteiger partial charge in [0.05, 0.1) is 6.26 Å². The number of aryl methyl sites for hydroxylation is 2. The molecule has 0 unspecified atom stereocenters. The molecule has 1 saturated heterocycles. The third kappa shape index (κ3) is 5.93. The predicted molar refractivity (Wildman–Crippen MR) is 134 cm³/mol. The van der Waals surface area contributed by atoms with Crippen LogP contribution in [-0.2, 0) is 42.9 Å². The van der Waals surface area contributed by atoms with E-state index < -0.39 is 66.8 Å². The third-order valence-corrected chi connectivity index (χ3v) is 6.11. The summed E-state index contributed by atoms with van der Waals surface area (Å²) in [6.45, 7) is 7.60. The van der Waals surface area contributed by atoms with Gasteiger partial charge in [-0.1, -0.05) is 0 Å². The van der Waals surface area contributed by atoms with Crippen LogP contribution in [0.2, 0.25) is 0 Å². The molecule has 0 N–H and O–H groups in total. The standard InChI is InChI=1S/C27H28O13/c1-11-7-20(32)39-22-17(11)8-18-12(2)9-34-21(18)24(22)40-27-26(37-16(6)31)25(36-15(5)30)23(35-14(4)29)19(38-27)10-33-13(3)28/h7-9,19,23,25-27H,10H2,1-6H3/t19-,23-,25+,26-,27+/m1/s1. The SMILES string of the molecule is CC(=O)OC[C@H]1O[C@@H](Oc2c3occ(C)c3cc3c(C)cc(=O)oc23)[C@H](OC(C)=O)[C@@H](OC(C)=O)[C@@H]1OC(C)=O. The van der Waals surface area contributed by atoms with Gasteiger partial charge in [-0.05, 0) is 31.0 Å². The molecule has 1 aliphatic heterocycles. The lowest BCUT2D eigenvalue weighted by Gasteiger charge is -2.43. The fourth-order valence-corrected chi connectivity index (χ4v) is 4.53. The Morgan fingerprint density at radius 1 is 0.775 bits per heavy atom. The fraction of sp³-hybridized carbons (Fsp3) is 0.444. The summed E-state index contributed by atoms with van der Waals surface area (Å²) in [6, 6.07) is 3.10. The Bertz CT molecular complexity index is 1530. The van der Waals surface area contributed by atoms with E-state index >= 15 is 0 Å². The molecule has 0 saturated carbocycles. The molecule has 214 valence electrons. The number of furan rings is 1. The molecule has 5 atom stereocenters. The molecule has 13 heteroatoms. The van der Waals surface area contributed by atoms with Crippen LogP contribution in [0.4, 0.5) is 0 Å². The van der Waals surface area contributed by atoms with Crippen LogP contribution in [0.25, 0.3) is 21.9 Å². The third-order valence-electron chi connectivity index (χ3n) is 6.11. The summed E-state index contributed by atoms with van der Waals surface area (Å²) in [6.07, 6.45) is -5.59. The number of esters is 4. The number of carbonyl (C=O) groups is 4. The summed E-state index contributed by atoms with van der Waals surface area (Å²) in [5.74, 6) is -3.06. The Balaban J connectivity index is 1.89. The Hall–Kier alpha value is -4.39. The van der Waals surface area contributed by atoms with Crippen molar-refractivity contribution in [2.45, 2.75) is 72.2 Å². The van der Waals surface area contributed by atoms with E-state index in [9.17, 15) is 24.0 Å². The summed E-state index contributed by atoms with van der Waals surface area (Å²) in [5, 5.41) is 1.18. The Morgan fingerprint density at radius 2 is 1.38 bits per heavy atom. The molecule has 0 radical (unpaired) electrons. The second kappa shape index (κ2) is 11.4. The summed E-state index contributed by atoms with van der Waals surface area (Å²) >= 11 is 0. The van der Waals surface area contributed by atoms with E-state index in [2.05, 4.69) is 0 Å².